The Balaban J connectivity index is 1.21. The topological polar surface area (TPSA) is 66.1 Å². The van der Waals surface area contributed by atoms with E-state index < -0.39 is 0 Å². The lowest BCUT2D eigenvalue weighted by Crippen LogP contribution is -2.30. The number of rotatable bonds is 5. The molecule has 0 N–H and O–H groups in total. The van der Waals surface area contributed by atoms with E-state index in [-0.39, 0.29) is 11.8 Å². The van der Waals surface area contributed by atoms with Crippen LogP contribution in [0.1, 0.15) is 26.3 Å². The van der Waals surface area contributed by atoms with E-state index in [1.165, 1.54) is 4.90 Å². The van der Waals surface area contributed by atoms with Crippen molar-refractivity contribution in [3.63, 3.8) is 0 Å². The maximum absolute atomic E-state index is 14.7. The number of nitrogens with zero attached hydrogens (tertiary/aromatic N) is 3. The first kappa shape index (κ1) is 29.1. The minimum atomic E-state index is -0.356. The van der Waals surface area contributed by atoms with Crippen molar-refractivity contribution in [2.75, 3.05) is 4.90 Å². The number of aromatic nitrogens is 1. The fourth-order valence-corrected chi connectivity index (χ4v) is 7.21. The summed E-state index contributed by atoms with van der Waals surface area (Å²) < 4.78 is 2.09. The fraction of sp³-hybridized carbons (Fsp3) is 0. The van der Waals surface area contributed by atoms with E-state index in [1.54, 1.807) is 6.07 Å². The highest BCUT2D eigenvalue weighted by Gasteiger charge is 2.40. The molecule has 1 aliphatic heterocycles. The molecule has 0 unspecified atom stereocenters. The third kappa shape index (κ3) is 4.55. The first-order valence-corrected chi connectivity index (χ1v) is 16.4. The van der Waals surface area contributed by atoms with Gasteiger partial charge >= 0.3 is 0 Å². The van der Waals surface area contributed by atoms with Gasteiger partial charge in [0.2, 0.25) is 0 Å². The monoisotopic (exact) mass is 641 g/mol. The maximum atomic E-state index is 14.7. The van der Waals surface area contributed by atoms with Gasteiger partial charge in [-0.1, -0.05) is 109 Å². The predicted octanol–water partition coefficient (Wildman–Crippen LogP) is 10.5. The molecular formula is C45H27N3O2. The molecule has 0 aliphatic carbocycles. The van der Waals surface area contributed by atoms with Gasteiger partial charge in [-0.3, -0.25) is 9.59 Å². The van der Waals surface area contributed by atoms with Crippen LogP contribution in [0.25, 0.3) is 60.9 Å². The molecule has 234 valence electrons. The molecule has 1 aromatic heterocycles. The number of imide groups is 1. The summed E-state index contributed by atoms with van der Waals surface area (Å²) >= 11 is 0. The first-order chi connectivity index (χ1) is 24.6. The molecule has 7 aromatic carbocycles. The summed E-state index contributed by atoms with van der Waals surface area (Å²) in [6, 6.07) is 55.6. The Hall–Kier alpha value is -7.03. The SMILES string of the molecule is N#Cc1ccc(-c2ccc3c(c2)c2ccccc2n3-c2cccc3c2C(=O)N(c2ccc(-c4ccccc4)cc2-c2ccccc2)C3=O)cc1. The summed E-state index contributed by atoms with van der Waals surface area (Å²) in [5.74, 6) is -0.703. The quantitative estimate of drug-likeness (QED) is 0.176. The van der Waals surface area contributed by atoms with Gasteiger partial charge in [-0.2, -0.15) is 5.26 Å². The fourth-order valence-electron chi connectivity index (χ4n) is 7.21. The zero-order valence-corrected chi connectivity index (χ0v) is 26.7. The Labute approximate surface area is 288 Å². The molecular weight excluding hydrogens is 615 g/mol. The first-order valence-electron chi connectivity index (χ1n) is 16.4. The lowest BCUT2D eigenvalue weighted by molar-refractivity contribution is 0.0926. The van der Waals surface area contributed by atoms with Crippen molar-refractivity contribution >= 4 is 39.3 Å². The van der Waals surface area contributed by atoms with Crippen LogP contribution in [0, 0.1) is 11.3 Å². The van der Waals surface area contributed by atoms with Crippen LogP contribution >= 0.6 is 0 Å². The summed E-state index contributed by atoms with van der Waals surface area (Å²) in [7, 11) is 0. The van der Waals surface area contributed by atoms with E-state index in [0.29, 0.717) is 28.1 Å². The number of anilines is 1. The van der Waals surface area contributed by atoms with Gasteiger partial charge in [-0.25, -0.2) is 4.90 Å². The van der Waals surface area contributed by atoms with Crippen molar-refractivity contribution in [2.45, 2.75) is 0 Å². The van der Waals surface area contributed by atoms with Gasteiger partial charge < -0.3 is 4.57 Å². The molecule has 0 atom stereocenters. The summed E-state index contributed by atoms with van der Waals surface area (Å²) in [5, 5.41) is 11.3. The lowest BCUT2D eigenvalue weighted by atomic mass is 9.97. The van der Waals surface area contributed by atoms with Crippen LogP contribution < -0.4 is 4.90 Å². The normalized spacial score (nSPS) is 12.4. The number of para-hydroxylation sites is 1. The molecule has 5 heteroatoms. The van der Waals surface area contributed by atoms with E-state index in [1.807, 2.05) is 115 Å². The van der Waals surface area contributed by atoms with Crippen LogP contribution in [0.5, 0.6) is 0 Å². The van der Waals surface area contributed by atoms with Crippen molar-refractivity contribution in [3.05, 3.63) is 180 Å². The summed E-state index contributed by atoms with van der Waals surface area (Å²) in [6.45, 7) is 0. The van der Waals surface area contributed by atoms with Crippen LogP contribution in [0.15, 0.2) is 164 Å². The molecule has 0 saturated carbocycles. The number of nitriles is 1. The van der Waals surface area contributed by atoms with E-state index in [9.17, 15) is 14.9 Å². The van der Waals surface area contributed by atoms with Crippen LogP contribution in [0.2, 0.25) is 0 Å². The van der Waals surface area contributed by atoms with Gasteiger partial charge in [0, 0.05) is 16.3 Å². The van der Waals surface area contributed by atoms with E-state index in [2.05, 4.69) is 53.1 Å². The number of carbonyl (C=O) groups is 2. The molecule has 5 nitrogen and oxygen atoms in total. The highest BCUT2D eigenvalue weighted by Crippen LogP contribution is 2.42. The molecule has 2 amide bonds. The highest BCUT2D eigenvalue weighted by molar-refractivity contribution is 6.36. The van der Waals surface area contributed by atoms with E-state index >= 15 is 0 Å². The maximum Gasteiger partial charge on any atom is 0.268 e. The Morgan fingerprint density at radius 3 is 1.82 bits per heavy atom. The van der Waals surface area contributed by atoms with E-state index in [0.717, 1.165) is 55.2 Å². The van der Waals surface area contributed by atoms with E-state index in [4.69, 9.17) is 0 Å². The largest absolute Gasteiger partial charge is 0.308 e. The van der Waals surface area contributed by atoms with Crippen molar-refractivity contribution in [1.29, 1.82) is 5.26 Å². The number of benzene rings is 7. The van der Waals surface area contributed by atoms with Crippen LogP contribution in [0.3, 0.4) is 0 Å². The number of amides is 2. The Kier molecular flexibility index (Phi) is 6.75. The van der Waals surface area contributed by atoms with Gasteiger partial charge in [-0.05, 0) is 82.4 Å². The molecule has 9 rings (SSSR count). The van der Waals surface area contributed by atoms with Gasteiger partial charge in [0.25, 0.3) is 11.8 Å². The van der Waals surface area contributed by atoms with Gasteiger partial charge in [0.05, 0.1) is 45.2 Å². The number of carbonyl (C=O) groups excluding carboxylic acids is 2. The van der Waals surface area contributed by atoms with Crippen molar-refractivity contribution in [1.82, 2.24) is 4.57 Å². The highest BCUT2D eigenvalue weighted by atomic mass is 16.2. The average molecular weight is 642 g/mol. The molecule has 2 heterocycles. The average Bonchev–Trinajstić information content (AvgIpc) is 3.65. The molecule has 0 radical (unpaired) electrons. The smallest absolute Gasteiger partial charge is 0.268 e. The second-order valence-corrected chi connectivity index (χ2v) is 12.4. The summed E-state index contributed by atoms with van der Waals surface area (Å²) in [5.41, 5.74) is 10.2. The van der Waals surface area contributed by atoms with Gasteiger partial charge in [0.15, 0.2) is 0 Å². The number of fused-ring (bicyclic) bond motifs is 4. The molecule has 8 aromatic rings. The summed E-state index contributed by atoms with van der Waals surface area (Å²) in [6.07, 6.45) is 0. The zero-order chi connectivity index (χ0) is 33.8. The molecule has 0 bridgehead atoms. The minimum absolute atomic E-state index is 0.347. The van der Waals surface area contributed by atoms with Crippen molar-refractivity contribution in [2.24, 2.45) is 0 Å². The van der Waals surface area contributed by atoms with Crippen molar-refractivity contribution in [3.8, 4) is 45.1 Å². The third-order valence-electron chi connectivity index (χ3n) is 9.58. The van der Waals surface area contributed by atoms with Crippen LogP contribution in [0.4, 0.5) is 5.69 Å². The molecule has 1 aliphatic rings. The van der Waals surface area contributed by atoms with Gasteiger partial charge in [-0.15, -0.1) is 0 Å². The molecule has 0 spiro atoms. The lowest BCUT2D eigenvalue weighted by Gasteiger charge is -2.20. The van der Waals surface area contributed by atoms with Gasteiger partial charge in [0.1, 0.15) is 0 Å². The van der Waals surface area contributed by atoms with Crippen molar-refractivity contribution < 1.29 is 9.59 Å². The molecule has 0 saturated heterocycles. The Morgan fingerprint density at radius 1 is 0.440 bits per heavy atom. The standard InChI is InChI=1S/C45H27N3O2/c46-28-29-18-20-31(21-19-29)34-23-25-41-38(27-34)35-14-7-8-16-39(35)47(41)42-17-9-15-36-43(42)45(50)48(44(36)49)40-24-22-33(30-10-3-1-4-11-30)26-37(40)32-12-5-2-6-13-32/h1-27H. The molecule has 0 fully saturated rings. The summed E-state index contributed by atoms with van der Waals surface area (Å²) in [4.78, 5) is 30.3. The Bertz CT molecular complexity index is 2690. The second kappa shape index (κ2) is 11.6. The van der Waals surface area contributed by atoms with Crippen LogP contribution in [-0.2, 0) is 0 Å². The number of hydrogen-bond acceptors (Lipinski definition) is 3. The third-order valence-corrected chi connectivity index (χ3v) is 9.58. The molecule has 50 heavy (non-hydrogen) atoms. The number of hydrogen-bond donors (Lipinski definition) is 0. The second-order valence-electron chi connectivity index (χ2n) is 12.4. The zero-order valence-electron chi connectivity index (χ0n) is 26.7. The van der Waals surface area contributed by atoms with Crippen LogP contribution in [-0.4, -0.2) is 16.4 Å². The predicted molar refractivity (Wildman–Crippen MR) is 199 cm³/mol. The Morgan fingerprint density at radius 2 is 1.06 bits per heavy atom. The minimum Gasteiger partial charge on any atom is -0.308 e.